The molecule has 2 fully saturated rings. The molecule has 1 heterocycles. The van der Waals surface area contributed by atoms with Crippen LogP contribution in [0.15, 0.2) is 43.0 Å². The van der Waals surface area contributed by atoms with Gasteiger partial charge >= 0.3 is 0 Å². The summed E-state index contributed by atoms with van der Waals surface area (Å²) in [6.07, 6.45) is 8.60. The number of nitrogens with zero attached hydrogens (tertiary/aromatic N) is 1. The van der Waals surface area contributed by atoms with Crippen molar-refractivity contribution < 1.29 is 0 Å². The molecule has 1 spiro atoms. The Morgan fingerprint density at radius 3 is 2.70 bits per heavy atom. The van der Waals surface area contributed by atoms with Gasteiger partial charge in [0.25, 0.3) is 0 Å². The molecule has 0 bridgehead atoms. The van der Waals surface area contributed by atoms with Crippen molar-refractivity contribution in [2.75, 3.05) is 19.6 Å². The molecule has 1 saturated heterocycles. The Kier molecular flexibility index (Phi) is 4.23. The van der Waals surface area contributed by atoms with Crippen LogP contribution in [0.3, 0.4) is 0 Å². The third-order valence-corrected chi connectivity index (χ3v) is 4.98. The van der Waals surface area contributed by atoms with Crippen molar-refractivity contribution in [1.29, 1.82) is 0 Å². The maximum atomic E-state index is 3.89. The van der Waals surface area contributed by atoms with Crippen molar-refractivity contribution in [3.05, 3.63) is 48.6 Å². The second kappa shape index (κ2) is 6.11. The van der Waals surface area contributed by atoms with E-state index in [1.54, 1.807) is 0 Å². The molecule has 0 radical (unpaired) electrons. The van der Waals surface area contributed by atoms with Gasteiger partial charge in [-0.2, -0.15) is 0 Å². The first-order valence-corrected chi connectivity index (χ1v) is 7.98. The summed E-state index contributed by atoms with van der Waals surface area (Å²) in [7, 11) is 0. The lowest BCUT2D eigenvalue weighted by atomic mass is 9.90. The molecule has 1 N–H and O–H groups in total. The van der Waals surface area contributed by atoms with E-state index in [9.17, 15) is 0 Å². The Balaban J connectivity index is 1.77. The average molecular weight is 270 g/mol. The molecule has 2 heteroatoms. The summed E-state index contributed by atoms with van der Waals surface area (Å²) in [5.74, 6) is 0. The van der Waals surface area contributed by atoms with Gasteiger partial charge in [-0.15, -0.1) is 6.58 Å². The average Bonchev–Trinajstić information content (AvgIpc) is 2.94. The summed E-state index contributed by atoms with van der Waals surface area (Å²) in [5.41, 5.74) is 1.84. The van der Waals surface area contributed by atoms with E-state index in [1.165, 1.54) is 37.8 Å². The van der Waals surface area contributed by atoms with Crippen molar-refractivity contribution in [3.8, 4) is 0 Å². The van der Waals surface area contributed by atoms with Crippen LogP contribution in [0.5, 0.6) is 0 Å². The van der Waals surface area contributed by atoms with Gasteiger partial charge in [-0.1, -0.05) is 49.2 Å². The van der Waals surface area contributed by atoms with Gasteiger partial charge in [-0.3, -0.25) is 4.90 Å². The van der Waals surface area contributed by atoms with Crippen molar-refractivity contribution in [1.82, 2.24) is 10.2 Å². The summed E-state index contributed by atoms with van der Waals surface area (Å²) in [6, 6.07) is 11.5. The normalized spacial score (nSPS) is 25.9. The maximum Gasteiger partial charge on any atom is 0.0473 e. The molecule has 2 aliphatic rings. The molecule has 20 heavy (non-hydrogen) atoms. The van der Waals surface area contributed by atoms with Crippen LogP contribution in [-0.2, 0) is 0 Å². The second-order valence-corrected chi connectivity index (χ2v) is 6.34. The largest absolute Gasteiger partial charge is 0.308 e. The lowest BCUT2D eigenvalue weighted by Gasteiger charge is -2.46. The highest BCUT2D eigenvalue weighted by Crippen LogP contribution is 2.36. The molecule has 0 amide bonds. The summed E-state index contributed by atoms with van der Waals surface area (Å²) in [6.45, 7) is 7.30. The fraction of sp³-hybridized carbons (Fsp3) is 0.556. The minimum Gasteiger partial charge on any atom is -0.308 e. The minimum absolute atomic E-state index is 0.395. The second-order valence-electron chi connectivity index (χ2n) is 6.34. The van der Waals surface area contributed by atoms with Crippen molar-refractivity contribution in [2.45, 2.75) is 43.7 Å². The number of nitrogens with one attached hydrogen (secondary N) is 1. The van der Waals surface area contributed by atoms with Crippen LogP contribution < -0.4 is 5.32 Å². The Morgan fingerprint density at radius 2 is 2.00 bits per heavy atom. The van der Waals surface area contributed by atoms with Crippen LogP contribution in [-0.4, -0.2) is 30.1 Å². The van der Waals surface area contributed by atoms with E-state index in [4.69, 9.17) is 0 Å². The first kappa shape index (κ1) is 13.8. The third kappa shape index (κ3) is 2.82. The van der Waals surface area contributed by atoms with Crippen LogP contribution in [0.2, 0.25) is 0 Å². The predicted molar refractivity (Wildman–Crippen MR) is 84.8 cm³/mol. The van der Waals surface area contributed by atoms with Gasteiger partial charge in [0, 0.05) is 31.2 Å². The van der Waals surface area contributed by atoms with E-state index in [2.05, 4.69) is 47.1 Å². The Labute approximate surface area is 122 Å². The van der Waals surface area contributed by atoms with E-state index in [0.29, 0.717) is 11.6 Å². The number of rotatable bonds is 4. The fourth-order valence-electron chi connectivity index (χ4n) is 3.88. The molecular weight excluding hydrogens is 244 g/mol. The zero-order chi connectivity index (χ0) is 13.8. The zero-order valence-corrected chi connectivity index (χ0v) is 12.4. The smallest absolute Gasteiger partial charge is 0.0473 e. The van der Waals surface area contributed by atoms with Gasteiger partial charge in [-0.25, -0.2) is 0 Å². The first-order valence-electron chi connectivity index (χ1n) is 7.98. The van der Waals surface area contributed by atoms with Crippen LogP contribution in [0.25, 0.3) is 0 Å². The quantitative estimate of drug-likeness (QED) is 0.842. The van der Waals surface area contributed by atoms with E-state index >= 15 is 0 Å². The van der Waals surface area contributed by atoms with Crippen molar-refractivity contribution in [3.63, 3.8) is 0 Å². The first-order chi connectivity index (χ1) is 9.83. The summed E-state index contributed by atoms with van der Waals surface area (Å²) >= 11 is 0. The molecule has 1 aromatic rings. The lowest BCUT2D eigenvalue weighted by molar-refractivity contribution is 0.0819. The molecule has 0 aromatic heterocycles. The molecule has 1 aliphatic carbocycles. The van der Waals surface area contributed by atoms with Gasteiger partial charge in [0.2, 0.25) is 0 Å². The Morgan fingerprint density at radius 1 is 1.25 bits per heavy atom. The van der Waals surface area contributed by atoms with E-state index < -0.39 is 0 Å². The van der Waals surface area contributed by atoms with E-state index in [0.717, 1.165) is 19.5 Å². The molecule has 1 unspecified atom stereocenters. The number of piperazine rings is 1. The van der Waals surface area contributed by atoms with Crippen LogP contribution in [0.4, 0.5) is 0 Å². The summed E-state index contributed by atoms with van der Waals surface area (Å²) < 4.78 is 0. The SMILES string of the molecule is C=CCCN1CC2(CCCC2)NCC1c1ccccc1. The zero-order valence-electron chi connectivity index (χ0n) is 12.4. The fourth-order valence-corrected chi connectivity index (χ4v) is 3.88. The third-order valence-electron chi connectivity index (χ3n) is 4.98. The molecule has 1 aliphatic heterocycles. The predicted octanol–water partition coefficient (Wildman–Crippen LogP) is 3.52. The van der Waals surface area contributed by atoms with Crippen molar-refractivity contribution >= 4 is 0 Å². The van der Waals surface area contributed by atoms with Gasteiger partial charge in [0.15, 0.2) is 0 Å². The van der Waals surface area contributed by atoms with E-state index in [-0.39, 0.29) is 0 Å². The van der Waals surface area contributed by atoms with Gasteiger partial charge < -0.3 is 5.32 Å². The highest BCUT2D eigenvalue weighted by atomic mass is 15.3. The Hall–Kier alpha value is -1.12. The van der Waals surface area contributed by atoms with Crippen LogP contribution >= 0.6 is 0 Å². The van der Waals surface area contributed by atoms with Crippen molar-refractivity contribution in [2.24, 2.45) is 0 Å². The molecular formula is C18H26N2. The van der Waals surface area contributed by atoms with Gasteiger partial charge in [0.1, 0.15) is 0 Å². The van der Waals surface area contributed by atoms with E-state index in [1.807, 2.05) is 6.08 Å². The number of hydrogen-bond donors (Lipinski definition) is 1. The summed E-state index contributed by atoms with van der Waals surface area (Å²) in [4.78, 5) is 2.68. The Bertz CT molecular complexity index is 434. The molecule has 3 rings (SSSR count). The summed E-state index contributed by atoms with van der Waals surface area (Å²) in [5, 5.41) is 3.88. The van der Waals surface area contributed by atoms with Gasteiger partial charge in [-0.05, 0) is 24.8 Å². The maximum absolute atomic E-state index is 3.89. The van der Waals surface area contributed by atoms with Crippen LogP contribution in [0.1, 0.15) is 43.7 Å². The number of hydrogen-bond acceptors (Lipinski definition) is 2. The minimum atomic E-state index is 0.395. The highest BCUT2D eigenvalue weighted by Gasteiger charge is 2.40. The standard InChI is InChI=1S/C18H26N2/c1-2-3-13-20-15-18(11-7-8-12-18)19-14-17(20)16-9-5-4-6-10-16/h2,4-6,9-10,17,19H,1,3,7-8,11-15H2. The lowest BCUT2D eigenvalue weighted by Crippen LogP contribution is -2.60. The number of benzene rings is 1. The molecule has 2 nitrogen and oxygen atoms in total. The van der Waals surface area contributed by atoms with Crippen LogP contribution in [0, 0.1) is 0 Å². The molecule has 1 saturated carbocycles. The molecule has 108 valence electrons. The van der Waals surface area contributed by atoms with Gasteiger partial charge in [0.05, 0.1) is 0 Å². The monoisotopic (exact) mass is 270 g/mol. The molecule has 1 aromatic carbocycles. The molecule has 1 atom stereocenters. The topological polar surface area (TPSA) is 15.3 Å². The highest BCUT2D eigenvalue weighted by molar-refractivity contribution is 5.21.